The van der Waals surface area contributed by atoms with Gasteiger partial charge < -0.3 is 70.0 Å². The Morgan fingerprint density at radius 1 is 0.616 bits per heavy atom. The maximum absolute atomic E-state index is 12.9. The molecule has 0 aliphatic carbocycles. The minimum Gasteiger partial charge on any atom is -0.462 e. The van der Waals surface area contributed by atoms with Crippen LogP contribution in [-0.2, 0) is 42.1 Å². The van der Waals surface area contributed by atoms with Crippen molar-refractivity contribution >= 4 is 19.8 Å². The van der Waals surface area contributed by atoms with E-state index in [1.165, 1.54) is 77.0 Å². The summed E-state index contributed by atoms with van der Waals surface area (Å²) >= 11 is 0. The standard InChI is InChI=1S/C53H100NO18P/c1-3-5-7-9-11-13-15-17-19-21-23-25-27-29-31-33-46(59)67-40-42(70-47(60)34-32-30-28-26-24-22-20-18-16-14-12-10-8-6-4-2)41-69-73(65,66)68-36-35-54-37-43(57)48(61)52(44(58)38-55)72-53-51(64)50(63)49(62)45(39-56)71-53/h17-20,42-45,48-58,61-64H,3-16,21-41H2,1-2H3,(H,65,66)/b19-17-,20-18-/t42-,43-,44-,45-,48+,49+,50+,51-,52-,53+/m1/s1. The molecule has 1 rings (SSSR count). The minimum absolute atomic E-state index is 0.108. The summed E-state index contributed by atoms with van der Waals surface area (Å²) in [5.41, 5.74) is 0. The number of hydrogen-bond acceptors (Lipinski definition) is 18. The number of carbonyl (C=O) groups is 2. The molecule has 1 heterocycles. The first kappa shape index (κ1) is 69.1. The van der Waals surface area contributed by atoms with Crippen molar-refractivity contribution in [2.45, 2.75) is 255 Å². The topological polar surface area (TPSA) is 301 Å². The lowest BCUT2D eigenvalue weighted by Gasteiger charge is -2.42. The maximum Gasteiger partial charge on any atom is 0.472 e. The lowest BCUT2D eigenvalue weighted by atomic mass is 9.98. The summed E-state index contributed by atoms with van der Waals surface area (Å²) in [5, 5.41) is 83.8. The van der Waals surface area contributed by atoms with Crippen LogP contribution in [-0.4, -0.2) is 165 Å². The summed E-state index contributed by atoms with van der Waals surface area (Å²) in [6.45, 7) is 0.659. The fourth-order valence-electron chi connectivity index (χ4n) is 8.17. The van der Waals surface area contributed by atoms with Crippen LogP contribution in [0.25, 0.3) is 0 Å². The number of unbranched alkanes of at least 4 members (excludes halogenated alkanes) is 22. The van der Waals surface area contributed by atoms with Gasteiger partial charge in [-0.2, -0.15) is 0 Å². The van der Waals surface area contributed by atoms with Crippen LogP contribution in [0.4, 0.5) is 0 Å². The summed E-state index contributed by atoms with van der Waals surface area (Å²) in [6, 6.07) is 0. The predicted octanol–water partition coefficient (Wildman–Crippen LogP) is 6.50. The second kappa shape index (κ2) is 45.1. The molecule has 0 bridgehead atoms. The van der Waals surface area contributed by atoms with Crippen molar-refractivity contribution in [1.82, 2.24) is 5.32 Å². The highest BCUT2D eigenvalue weighted by Gasteiger charge is 2.47. The summed E-state index contributed by atoms with van der Waals surface area (Å²) < 4.78 is 44.6. The Morgan fingerprint density at radius 2 is 1.10 bits per heavy atom. The molecule has 19 nitrogen and oxygen atoms in total. The fraction of sp³-hybridized carbons (Fsp3) is 0.887. The van der Waals surface area contributed by atoms with Crippen molar-refractivity contribution in [3.8, 4) is 0 Å². The van der Waals surface area contributed by atoms with Crippen molar-refractivity contribution in [3.05, 3.63) is 24.3 Å². The van der Waals surface area contributed by atoms with Crippen molar-refractivity contribution in [2.24, 2.45) is 0 Å². The molecule has 0 aromatic carbocycles. The number of phosphoric acid groups is 1. The van der Waals surface area contributed by atoms with Crippen LogP contribution >= 0.6 is 7.82 Å². The van der Waals surface area contributed by atoms with Gasteiger partial charge in [0.2, 0.25) is 0 Å². The van der Waals surface area contributed by atoms with Gasteiger partial charge in [-0.1, -0.05) is 141 Å². The quantitative estimate of drug-likeness (QED) is 0.0135. The van der Waals surface area contributed by atoms with Gasteiger partial charge in [0, 0.05) is 25.9 Å². The van der Waals surface area contributed by atoms with Crippen molar-refractivity contribution in [3.63, 3.8) is 0 Å². The van der Waals surface area contributed by atoms with Gasteiger partial charge in [0.15, 0.2) is 12.4 Å². The van der Waals surface area contributed by atoms with E-state index in [1.54, 1.807) is 0 Å². The Balaban J connectivity index is 2.59. The SMILES string of the molecule is CCCCCCCC/C=C\CCCCCCCC(=O)OC[C@H](COP(=O)(O)OCCNC[C@@H](O)[C@H](O)[C@H](O[C@@H]1O[C@H](CO)[C@H](O)[C@H](O)[C@H]1O)[C@H](O)CO)OC(=O)CCCCCCC/C=C\CCCCCCCC. The first-order valence-electron chi connectivity index (χ1n) is 27.8. The molecular formula is C53H100NO18P. The van der Waals surface area contributed by atoms with E-state index < -0.39 is 121 Å². The highest BCUT2D eigenvalue weighted by molar-refractivity contribution is 7.47. The van der Waals surface area contributed by atoms with Gasteiger partial charge in [0.1, 0.15) is 49.3 Å². The Hall–Kier alpha value is -1.91. The summed E-state index contributed by atoms with van der Waals surface area (Å²) in [6.07, 6.45) is 21.3. The number of allylic oxidation sites excluding steroid dienone is 4. The van der Waals surface area contributed by atoms with Crippen LogP contribution in [0, 0.1) is 0 Å². The van der Waals surface area contributed by atoms with E-state index in [-0.39, 0.29) is 19.4 Å². The average molecular weight is 1070 g/mol. The van der Waals surface area contributed by atoms with E-state index in [9.17, 15) is 59.9 Å². The molecule has 73 heavy (non-hydrogen) atoms. The largest absolute Gasteiger partial charge is 0.472 e. The molecule has 0 radical (unpaired) electrons. The number of ether oxygens (including phenoxy) is 4. The number of hydrogen-bond donors (Lipinski definition) is 10. The van der Waals surface area contributed by atoms with Gasteiger partial charge >= 0.3 is 19.8 Å². The van der Waals surface area contributed by atoms with E-state index in [4.69, 9.17) is 28.0 Å². The Morgan fingerprint density at radius 3 is 1.59 bits per heavy atom. The molecule has 11 atom stereocenters. The highest BCUT2D eigenvalue weighted by atomic mass is 31.2. The Bertz CT molecular complexity index is 1440. The third-order valence-corrected chi connectivity index (χ3v) is 13.7. The van der Waals surface area contributed by atoms with Gasteiger partial charge in [-0.15, -0.1) is 0 Å². The highest BCUT2D eigenvalue weighted by Crippen LogP contribution is 2.43. The number of nitrogens with one attached hydrogen (secondary N) is 1. The second-order valence-corrected chi connectivity index (χ2v) is 20.8. The van der Waals surface area contributed by atoms with Gasteiger partial charge in [-0.25, -0.2) is 4.57 Å². The summed E-state index contributed by atoms with van der Waals surface area (Å²) in [7, 11) is -4.76. The molecule has 1 aliphatic rings. The van der Waals surface area contributed by atoms with E-state index in [0.717, 1.165) is 77.0 Å². The van der Waals surface area contributed by atoms with E-state index in [0.29, 0.717) is 12.8 Å². The Labute approximate surface area is 437 Å². The van der Waals surface area contributed by atoms with Crippen molar-refractivity contribution in [2.75, 3.05) is 46.1 Å². The number of rotatable bonds is 49. The summed E-state index contributed by atoms with van der Waals surface area (Å²) in [5.74, 6) is -1.05. The first-order valence-corrected chi connectivity index (χ1v) is 29.3. The number of aliphatic hydroxyl groups is 8. The monoisotopic (exact) mass is 1070 g/mol. The minimum atomic E-state index is -4.76. The summed E-state index contributed by atoms with van der Waals surface area (Å²) in [4.78, 5) is 36.0. The maximum atomic E-state index is 12.9. The molecule has 430 valence electrons. The second-order valence-electron chi connectivity index (χ2n) is 19.4. The third-order valence-electron chi connectivity index (χ3n) is 12.8. The molecule has 0 saturated carbocycles. The van der Waals surface area contributed by atoms with Gasteiger partial charge in [-0.05, 0) is 64.2 Å². The van der Waals surface area contributed by atoms with Gasteiger partial charge in [0.25, 0.3) is 0 Å². The number of esters is 2. The van der Waals surface area contributed by atoms with Crippen LogP contribution < -0.4 is 5.32 Å². The molecule has 0 spiro atoms. The zero-order valence-corrected chi connectivity index (χ0v) is 45.4. The smallest absolute Gasteiger partial charge is 0.462 e. The lowest BCUT2D eigenvalue weighted by Crippen LogP contribution is -2.61. The fourth-order valence-corrected chi connectivity index (χ4v) is 8.93. The van der Waals surface area contributed by atoms with E-state index >= 15 is 0 Å². The molecule has 0 amide bonds. The van der Waals surface area contributed by atoms with Crippen molar-refractivity contribution < 1.29 is 87.9 Å². The van der Waals surface area contributed by atoms with Crippen LogP contribution in [0.15, 0.2) is 24.3 Å². The predicted molar refractivity (Wildman–Crippen MR) is 278 cm³/mol. The van der Waals surface area contributed by atoms with E-state index in [1.807, 2.05) is 0 Å². The molecular weight excluding hydrogens is 970 g/mol. The first-order chi connectivity index (χ1) is 35.2. The lowest BCUT2D eigenvalue weighted by molar-refractivity contribution is -0.327. The molecule has 1 fully saturated rings. The average Bonchev–Trinajstić information content (AvgIpc) is 3.37. The van der Waals surface area contributed by atoms with Crippen LogP contribution in [0.5, 0.6) is 0 Å². The zero-order valence-electron chi connectivity index (χ0n) is 44.5. The van der Waals surface area contributed by atoms with E-state index in [2.05, 4.69) is 43.5 Å². The van der Waals surface area contributed by atoms with Crippen LogP contribution in [0.1, 0.15) is 194 Å². The van der Waals surface area contributed by atoms with Crippen molar-refractivity contribution in [1.29, 1.82) is 0 Å². The third kappa shape index (κ3) is 35.2. The Kier molecular flexibility index (Phi) is 42.7. The number of phosphoric ester groups is 1. The van der Waals surface area contributed by atoms with Crippen LogP contribution in [0.3, 0.4) is 0 Å². The number of carbonyl (C=O) groups excluding carboxylic acids is 2. The molecule has 1 unspecified atom stereocenters. The zero-order chi connectivity index (χ0) is 54.0. The normalized spacial score (nSPS) is 21.3. The molecule has 1 aliphatic heterocycles. The molecule has 1 saturated heterocycles. The number of aliphatic hydroxyl groups excluding tert-OH is 8. The van der Waals surface area contributed by atoms with Gasteiger partial charge in [-0.3, -0.25) is 18.6 Å². The molecule has 10 N–H and O–H groups in total. The van der Waals surface area contributed by atoms with Crippen LogP contribution in [0.2, 0.25) is 0 Å². The molecule has 20 heteroatoms. The molecule has 0 aromatic rings. The molecule has 0 aromatic heterocycles. The van der Waals surface area contributed by atoms with Gasteiger partial charge in [0.05, 0.1) is 32.5 Å².